The number of nitrogens with zero attached hydrogens (tertiary/aromatic N) is 4. The summed E-state index contributed by atoms with van der Waals surface area (Å²) in [5.74, 6) is 0. The highest BCUT2D eigenvalue weighted by molar-refractivity contribution is 7.33. The summed E-state index contributed by atoms with van der Waals surface area (Å²) in [6.07, 6.45) is 0.859. The second-order valence-corrected chi connectivity index (χ2v) is 39.9. The van der Waals surface area contributed by atoms with Gasteiger partial charge >= 0.3 is 13.7 Å². The Bertz CT molecular complexity index is 6960. The van der Waals surface area contributed by atoms with Gasteiger partial charge in [0.05, 0.1) is 33.4 Å². The van der Waals surface area contributed by atoms with E-state index < -0.39 is 0 Å². The quantitative estimate of drug-likeness (QED) is 0.160. The number of thiophene rings is 4. The van der Waals surface area contributed by atoms with E-state index >= 15 is 0 Å². The molecule has 10 heteroatoms. The predicted molar refractivity (Wildman–Crippen MR) is 468 cm³/mol. The molecule has 0 amide bonds. The first-order valence-electron chi connectivity index (χ1n) is 37.9. The van der Waals surface area contributed by atoms with Gasteiger partial charge in [-0.25, -0.2) is 0 Å². The Labute approximate surface area is 636 Å². The number of anilines is 4. The lowest BCUT2D eigenvalue weighted by atomic mass is 9.47. The van der Waals surface area contributed by atoms with E-state index in [1.165, 1.54) is 214 Å². The zero-order valence-corrected chi connectivity index (χ0v) is 65.8. The summed E-state index contributed by atoms with van der Waals surface area (Å²) < 4.78 is 16.4. The molecule has 0 spiro atoms. The van der Waals surface area contributed by atoms with Crippen molar-refractivity contribution in [2.24, 2.45) is 0 Å². The monoisotopic (exact) mass is 1440 g/mol. The van der Waals surface area contributed by atoms with E-state index in [4.69, 9.17) is 0 Å². The third-order valence-corrected chi connectivity index (χ3v) is 29.4. The molecule has 4 aliphatic heterocycles. The van der Waals surface area contributed by atoms with E-state index in [-0.39, 0.29) is 40.8 Å². The zero-order chi connectivity index (χ0) is 72.0. The van der Waals surface area contributed by atoms with E-state index in [1.54, 1.807) is 0 Å². The average Bonchev–Trinajstić information content (AvgIpc) is 1.51. The molecule has 12 aromatic carbocycles. The van der Waals surface area contributed by atoms with Crippen molar-refractivity contribution in [1.29, 1.82) is 0 Å². The van der Waals surface area contributed by atoms with Gasteiger partial charge in [0.2, 0.25) is 0 Å². The fraction of sp³-hybridized carbons (Fsp3) is 0.208. The van der Waals surface area contributed by atoms with Crippen molar-refractivity contribution in [2.45, 2.75) is 130 Å². The van der Waals surface area contributed by atoms with Crippen LogP contribution in [-0.2, 0) is 33.5 Å². The van der Waals surface area contributed by atoms with Crippen LogP contribution in [0.15, 0.2) is 218 Å². The smallest absolute Gasteiger partial charge is 0.343 e. The molecule has 0 radical (unpaired) electrons. The Balaban J connectivity index is 0.784. The van der Waals surface area contributed by atoms with Gasteiger partial charge in [0.15, 0.2) is 0 Å². The molecule has 0 bridgehead atoms. The first-order valence-corrected chi connectivity index (χ1v) is 41.2. The molecule has 106 heavy (non-hydrogen) atoms. The topological polar surface area (TPSA) is 16.3 Å². The van der Waals surface area contributed by atoms with Gasteiger partial charge in [-0.05, 0) is 192 Å². The summed E-state index contributed by atoms with van der Waals surface area (Å²) in [6, 6.07) is 86.3. The first kappa shape index (κ1) is 63.6. The highest BCUT2D eigenvalue weighted by Gasteiger charge is 2.50. The van der Waals surface area contributed by atoms with E-state index in [0.717, 1.165) is 6.42 Å². The molecule has 0 fully saturated rings. The minimum atomic E-state index is -0.280. The van der Waals surface area contributed by atoms with Gasteiger partial charge in [-0.1, -0.05) is 212 Å². The summed E-state index contributed by atoms with van der Waals surface area (Å²) in [4.78, 5) is 5.44. The third-order valence-electron chi connectivity index (χ3n) is 24.6. The Morgan fingerprint density at radius 2 is 0.774 bits per heavy atom. The van der Waals surface area contributed by atoms with Gasteiger partial charge in [0, 0.05) is 125 Å². The Hall–Kier alpha value is -9.67. The molecular weight excluding hydrogens is 1360 g/mol. The largest absolute Gasteiger partial charge is 0.376 e. The fourth-order valence-electron chi connectivity index (χ4n) is 19.3. The van der Waals surface area contributed by atoms with Gasteiger partial charge in [-0.2, -0.15) is 0 Å². The summed E-state index contributed by atoms with van der Waals surface area (Å²) in [7, 11) is 0. The molecule has 6 aromatic heterocycles. The van der Waals surface area contributed by atoms with Crippen LogP contribution in [0.25, 0.3) is 138 Å². The number of fused-ring (bicyclic) bond motifs is 30. The van der Waals surface area contributed by atoms with Crippen LogP contribution < -0.4 is 30.1 Å². The highest BCUT2D eigenvalue weighted by atomic mass is 32.1. The molecule has 4 aliphatic rings. The molecule has 0 saturated heterocycles. The minimum Gasteiger partial charge on any atom is -0.376 e. The Morgan fingerprint density at radius 1 is 0.321 bits per heavy atom. The maximum atomic E-state index is 2.77. The number of hydrogen-bond acceptors (Lipinski definition) is 6. The lowest BCUT2D eigenvalue weighted by molar-refractivity contribution is 0.523. The molecule has 10 heterocycles. The lowest BCUT2D eigenvalue weighted by Gasteiger charge is -2.42. The number of aromatic nitrogens is 2. The second kappa shape index (κ2) is 21.3. The van der Waals surface area contributed by atoms with Crippen molar-refractivity contribution in [3.8, 4) is 33.6 Å². The summed E-state index contributed by atoms with van der Waals surface area (Å²) in [5, 5.41) is 13.5. The van der Waals surface area contributed by atoms with Crippen LogP contribution in [0.5, 0.6) is 0 Å². The van der Waals surface area contributed by atoms with Gasteiger partial charge in [0.25, 0.3) is 0 Å². The molecule has 4 nitrogen and oxygen atoms in total. The third kappa shape index (κ3) is 8.59. The molecule has 0 atom stereocenters. The maximum absolute atomic E-state index is 2.77. The van der Waals surface area contributed by atoms with E-state index in [2.05, 4.69) is 334 Å². The predicted octanol–water partition coefficient (Wildman–Crippen LogP) is 25.2. The SMILES string of the molecule is CC(C)(C)c1ccc(N2B3c4sc5ccc(C(C)(C)C)cc5c4-n4c5ccc(C(C)(C)Cc6ccc7sc8c(c9c%10c%11c8c8ccccc8n%11-c8c(sc%11ccc(C(C)(C)C)cc8%11)B%10N(c8ccccc8)c8ccccc8-9)c7c6)cc5c5c6sc7ccccc7c6c(c3c54)-c3cc(C(C)(C)C)ccc32)cc1. The first-order chi connectivity index (χ1) is 50.9. The molecule has 0 unspecified atom stereocenters. The number of hydrogen-bond donors (Lipinski definition) is 0. The van der Waals surface area contributed by atoms with E-state index in [9.17, 15) is 0 Å². The van der Waals surface area contributed by atoms with Crippen LogP contribution in [0.3, 0.4) is 0 Å². The Morgan fingerprint density at radius 3 is 1.41 bits per heavy atom. The summed E-state index contributed by atoms with van der Waals surface area (Å²) >= 11 is 7.99. The van der Waals surface area contributed by atoms with Crippen LogP contribution in [0, 0.1) is 0 Å². The van der Waals surface area contributed by atoms with Crippen molar-refractivity contribution < 1.29 is 0 Å². The maximum Gasteiger partial charge on any atom is 0.343 e. The molecule has 22 rings (SSSR count). The minimum absolute atomic E-state index is 0.00919. The van der Waals surface area contributed by atoms with Crippen molar-refractivity contribution in [1.82, 2.24) is 9.13 Å². The normalized spacial score (nSPS) is 14.3. The van der Waals surface area contributed by atoms with Crippen LogP contribution in [0.2, 0.25) is 0 Å². The molecule has 0 N–H and O–H groups in total. The van der Waals surface area contributed by atoms with Crippen LogP contribution in [0.4, 0.5) is 22.7 Å². The van der Waals surface area contributed by atoms with E-state index in [1.807, 2.05) is 45.3 Å². The zero-order valence-electron chi connectivity index (χ0n) is 62.6. The van der Waals surface area contributed by atoms with Gasteiger partial charge in [-0.15, -0.1) is 45.3 Å². The van der Waals surface area contributed by atoms with Crippen molar-refractivity contribution in [3.63, 3.8) is 0 Å². The van der Waals surface area contributed by atoms with Crippen LogP contribution >= 0.6 is 45.3 Å². The van der Waals surface area contributed by atoms with Crippen molar-refractivity contribution in [2.75, 3.05) is 9.62 Å². The lowest BCUT2D eigenvalue weighted by Crippen LogP contribution is -2.59. The van der Waals surface area contributed by atoms with Gasteiger partial charge in [-0.3, -0.25) is 0 Å². The number of para-hydroxylation sites is 3. The molecule has 0 aliphatic carbocycles. The fourth-order valence-corrected chi connectivity index (χ4v) is 24.4. The van der Waals surface area contributed by atoms with Crippen LogP contribution in [0.1, 0.15) is 130 Å². The van der Waals surface area contributed by atoms with Crippen molar-refractivity contribution >= 4 is 206 Å². The molecule has 0 saturated carbocycles. The van der Waals surface area contributed by atoms with Crippen molar-refractivity contribution in [3.05, 3.63) is 252 Å². The molecule has 18 aromatic rings. The average molecular weight is 1440 g/mol. The number of benzene rings is 12. The highest BCUT2D eigenvalue weighted by Crippen LogP contribution is 2.58. The van der Waals surface area contributed by atoms with Gasteiger partial charge in [0.1, 0.15) is 0 Å². The molecular formula is C96H80B2N4S4. The molecule has 514 valence electrons. The standard InChI is InChI=1S/C96H80B2N4S4/c1-92(2,3)53-33-39-59(40-34-53)102-71-42-35-54(93(4,5)6)47-64(71)77-78-62-28-20-23-31-72(62)103-88(78)81-63-50-57(36-41-69(63)100-85-67-49-56(95(10,11)12)38-45-75(67)106-91(85)98(102)83(77)87(81)100)96(13,14)51-52-32-43-73-65(46-52)79-76-61-27-19-22-30-70(61)101(58-24-16-15-17-25-58)97-82(76)86-80(89(79)104-73)60-26-18-21-29-68(60)99(86)84-66-48-55(94(7,8)9)37-44-74(66)105-90(84)97/h15-50H,51H2,1-14H3. The summed E-state index contributed by atoms with van der Waals surface area (Å²) in [5.41, 5.74) is 28.8. The second-order valence-electron chi connectivity index (χ2n) is 35.7. The van der Waals surface area contributed by atoms with E-state index in [0.29, 0.717) is 0 Å². The van der Waals surface area contributed by atoms with Gasteiger partial charge < -0.3 is 18.8 Å². The summed E-state index contributed by atoms with van der Waals surface area (Å²) in [6.45, 7) is 33.1. The Kier molecular flexibility index (Phi) is 12.8. The number of rotatable bonds is 5. The van der Waals surface area contributed by atoms with Crippen LogP contribution in [-0.4, -0.2) is 22.8 Å².